The van der Waals surface area contributed by atoms with Crippen molar-refractivity contribution in [3.05, 3.63) is 46.8 Å². The van der Waals surface area contributed by atoms with Gasteiger partial charge in [-0.2, -0.15) is 0 Å². The van der Waals surface area contributed by atoms with Gasteiger partial charge in [-0.1, -0.05) is 6.07 Å². The van der Waals surface area contributed by atoms with E-state index in [1.807, 2.05) is 0 Å². The van der Waals surface area contributed by atoms with Crippen LogP contribution in [0.5, 0.6) is 0 Å². The monoisotopic (exact) mass is 514 g/mol. The number of anilines is 2. The van der Waals surface area contributed by atoms with Crippen LogP contribution in [0.4, 0.5) is 20.4 Å². The summed E-state index contributed by atoms with van der Waals surface area (Å²) in [6.45, 7) is 7.22. The Morgan fingerprint density at radius 3 is 2.49 bits per heavy atom. The summed E-state index contributed by atoms with van der Waals surface area (Å²) in [5.74, 6) is 0.0891. The van der Waals surface area contributed by atoms with E-state index in [0.29, 0.717) is 76.5 Å². The highest BCUT2D eigenvalue weighted by Crippen LogP contribution is 2.32. The lowest BCUT2D eigenvalue weighted by atomic mass is 9.89. The minimum Gasteiger partial charge on any atom is -0.462 e. The van der Waals surface area contributed by atoms with Crippen LogP contribution in [0, 0.1) is 11.6 Å². The Morgan fingerprint density at radius 2 is 1.81 bits per heavy atom. The van der Waals surface area contributed by atoms with E-state index in [9.17, 15) is 18.4 Å². The first-order valence-corrected chi connectivity index (χ1v) is 12.8. The fourth-order valence-corrected chi connectivity index (χ4v) is 5.12. The van der Waals surface area contributed by atoms with Crippen LogP contribution in [0.2, 0.25) is 0 Å². The number of nitrogens with one attached hydrogen (secondary N) is 1. The van der Waals surface area contributed by atoms with Gasteiger partial charge in [0.25, 0.3) is 0 Å². The van der Waals surface area contributed by atoms with Crippen LogP contribution in [-0.4, -0.2) is 76.5 Å². The summed E-state index contributed by atoms with van der Waals surface area (Å²) in [7, 11) is 0. The number of hydrogen-bond acceptors (Lipinski definition) is 8. The molecule has 0 atom stereocenters. The summed E-state index contributed by atoms with van der Waals surface area (Å²) >= 11 is 0. The van der Waals surface area contributed by atoms with E-state index in [-0.39, 0.29) is 24.0 Å². The van der Waals surface area contributed by atoms with E-state index in [1.165, 1.54) is 19.1 Å². The minimum absolute atomic E-state index is 0.0166. The van der Waals surface area contributed by atoms with Crippen LogP contribution in [0.1, 0.15) is 43.6 Å². The summed E-state index contributed by atoms with van der Waals surface area (Å²) < 4.78 is 32.7. The fourth-order valence-electron chi connectivity index (χ4n) is 5.12. The lowest BCUT2D eigenvalue weighted by Crippen LogP contribution is -2.47. The first-order valence-electron chi connectivity index (χ1n) is 12.8. The zero-order valence-corrected chi connectivity index (χ0v) is 21.2. The van der Waals surface area contributed by atoms with Crippen LogP contribution in [0.25, 0.3) is 0 Å². The molecule has 0 spiro atoms. The van der Waals surface area contributed by atoms with Crippen molar-refractivity contribution >= 4 is 23.5 Å². The van der Waals surface area contributed by atoms with Gasteiger partial charge in [-0.15, -0.1) is 0 Å². The molecule has 3 heterocycles. The molecule has 37 heavy (non-hydrogen) atoms. The molecule has 1 aliphatic carbocycles. The van der Waals surface area contributed by atoms with Gasteiger partial charge in [0.1, 0.15) is 17.7 Å². The van der Waals surface area contributed by atoms with Gasteiger partial charge in [-0.3, -0.25) is 14.5 Å². The van der Waals surface area contributed by atoms with E-state index in [4.69, 9.17) is 14.7 Å². The molecule has 0 unspecified atom stereocenters. The second-order valence-electron chi connectivity index (χ2n) is 10.0. The number of nitrogens with zero attached hydrogens (tertiary/aromatic N) is 5. The number of hydrogen-bond donors (Lipinski definition) is 1. The molecule has 198 valence electrons. The van der Waals surface area contributed by atoms with Crippen molar-refractivity contribution in [2.45, 2.75) is 58.3 Å². The predicted molar refractivity (Wildman–Crippen MR) is 133 cm³/mol. The van der Waals surface area contributed by atoms with Crippen LogP contribution < -0.4 is 10.2 Å². The Morgan fingerprint density at radius 1 is 1.05 bits per heavy atom. The molecule has 1 saturated carbocycles. The van der Waals surface area contributed by atoms with Gasteiger partial charge < -0.3 is 19.9 Å². The number of fused-ring (bicyclic) bond motifs is 1. The maximum absolute atomic E-state index is 14.1. The van der Waals surface area contributed by atoms with Crippen molar-refractivity contribution in [1.29, 1.82) is 0 Å². The molecule has 1 saturated heterocycles. The largest absolute Gasteiger partial charge is 0.462 e. The summed E-state index contributed by atoms with van der Waals surface area (Å²) in [4.78, 5) is 39.2. The predicted octanol–water partition coefficient (Wildman–Crippen LogP) is 2.49. The molecule has 5 rings (SSSR count). The second-order valence-corrected chi connectivity index (χ2v) is 10.0. The normalized spacial score (nSPS) is 21.7. The highest BCUT2D eigenvalue weighted by molar-refractivity contribution is 5.73. The van der Waals surface area contributed by atoms with E-state index in [0.717, 1.165) is 23.3 Å². The molecule has 1 aromatic carbocycles. The molecule has 1 N–H and O–H groups in total. The SMILES string of the molecule is CC(=O)O[C@H]1C[C@@H](Nc2nc3c(nc2N2CCN(Cc4ccc(F)cc4F)CC2)CCN(C(C)=O)C3)C1. The molecule has 1 aromatic heterocycles. The molecule has 2 aliphatic heterocycles. The van der Waals surface area contributed by atoms with E-state index in [2.05, 4.69) is 15.1 Å². The van der Waals surface area contributed by atoms with Gasteiger partial charge in [-0.05, 0) is 6.07 Å². The molecule has 11 heteroatoms. The van der Waals surface area contributed by atoms with E-state index in [1.54, 1.807) is 11.8 Å². The fraction of sp³-hybridized carbons (Fsp3) is 0.538. The van der Waals surface area contributed by atoms with Crippen molar-refractivity contribution in [3.8, 4) is 0 Å². The maximum Gasteiger partial charge on any atom is 0.302 e. The number of amides is 1. The van der Waals surface area contributed by atoms with E-state index < -0.39 is 11.6 Å². The molecular formula is C26H32F2N6O3. The number of halogens is 2. The number of rotatable bonds is 6. The van der Waals surface area contributed by atoms with Crippen molar-refractivity contribution in [3.63, 3.8) is 0 Å². The number of aromatic nitrogens is 2. The minimum atomic E-state index is -0.575. The Hall–Kier alpha value is -3.34. The molecule has 2 fully saturated rings. The third-order valence-corrected chi connectivity index (χ3v) is 7.29. The number of benzene rings is 1. The maximum atomic E-state index is 14.1. The second kappa shape index (κ2) is 10.6. The molecule has 1 amide bonds. The first-order chi connectivity index (χ1) is 17.7. The van der Waals surface area contributed by atoms with Crippen LogP contribution >= 0.6 is 0 Å². The van der Waals surface area contributed by atoms with Gasteiger partial charge in [0, 0.05) is 90.1 Å². The zero-order chi connectivity index (χ0) is 26.1. The zero-order valence-electron chi connectivity index (χ0n) is 21.2. The van der Waals surface area contributed by atoms with Crippen molar-refractivity contribution in [2.24, 2.45) is 0 Å². The number of carbonyl (C=O) groups excluding carboxylic acids is 2. The lowest BCUT2D eigenvalue weighted by Gasteiger charge is -2.39. The Balaban J connectivity index is 1.30. The number of carbonyl (C=O) groups is 2. The standard InChI is InChI=1S/C26H32F2N6O3/c1-16(35)34-6-5-23-24(15-34)30-25(29-20-12-21(13-20)37-17(2)36)26(31-23)33-9-7-32(8-10-33)14-18-3-4-19(27)11-22(18)28/h3-4,11,20-21H,5-10,12-15H2,1-2H3,(H,29,30)/t20-,21+. The smallest absolute Gasteiger partial charge is 0.302 e. The van der Waals surface area contributed by atoms with Crippen molar-refractivity contribution in [2.75, 3.05) is 42.9 Å². The summed E-state index contributed by atoms with van der Waals surface area (Å²) in [5.41, 5.74) is 2.18. The number of esters is 1. The highest BCUT2D eigenvalue weighted by Gasteiger charge is 2.34. The number of piperazine rings is 1. The van der Waals surface area contributed by atoms with Crippen LogP contribution in [0.15, 0.2) is 18.2 Å². The number of ether oxygens (including phenoxy) is 1. The first kappa shape index (κ1) is 25.3. The Labute approximate surface area is 214 Å². The van der Waals surface area contributed by atoms with Crippen LogP contribution in [-0.2, 0) is 33.8 Å². The molecular weight excluding hydrogens is 482 g/mol. The lowest BCUT2D eigenvalue weighted by molar-refractivity contribution is -0.150. The topological polar surface area (TPSA) is 90.9 Å². The van der Waals surface area contributed by atoms with Gasteiger partial charge in [0.2, 0.25) is 5.91 Å². The average Bonchev–Trinajstić information content (AvgIpc) is 2.84. The third kappa shape index (κ3) is 5.82. The third-order valence-electron chi connectivity index (χ3n) is 7.29. The Bertz CT molecular complexity index is 1180. The van der Waals surface area contributed by atoms with Gasteiger partial charge in [0.05, 0.1) is 17.9 Å². The van der Waals surface area contributed by atoms with Crippen LogP contribution in [0.3, 0.4) is 0 Å². The highest BCUT2D eigenvalue weighted by atomic mass is 19.1. The van der Waals surface area contributed by atoms with Gasteiger partial charge >= 0.3 is 5.97 Å². The Kier molecular flexibility index (Phi) is 7.23. The summed E-state index contributed by atoms with van der Waals surface area (Å²) in [5, 5.41) is 3.50. The average molecular weight is 515 g/mol. The van der Waals surface area contributed by atoms with E-state index >= 15 is 0 Å². The van der Waals surface area contributed by atoms with Crippen molar-refractivity contribution in [1.82, 2.24) is 19.8 Å². The molecule has 0 radical (unpaired) electrons. The molecule has 9 nitrogen and oxygen atoms in total. The molecule has 0 bridgehead atoms. The summed E-state index contributed by atoms with van der Waals surface area (Å²) in [6.07, 6.45) is 1.97. The molecule has 3 aliphatic rings. The quantitative estimate of drug-likeness (QED) is 0.588. The molecule has 2 aromatic rings. The van der Waals surface area contributed by atoms with Gasteiger partial charge in [0.15, 0.2) is 11.6 Å². The summed E-state index contributed by atoms with van der Waals surface area (Å²) in [6, 6.07) is 3.83. The van der Waals surface area contributed by atoms with Gasteiger partial charge in [-0.25, -0.2) is 18.7 Å². The van der Waals surface area contributed by atoms with Crippen molar-refractivity contribution < 1.29 is 23.1 Å².